The Labute approximate surface area is 249 Å². The van der Waals surface area contributed by atoms with E-state index in [0.29, 0.717) is 23.8 Å². The molecule has 0 spiro atoms. The first-order chi connectivity index (χ1) is 20.4. The number of aromatic nitrogens is 4. The summed E-state index contributed by atoms with van der Waals surface area (Å²) in [5.74, 6) is 0.793. The number of halogens is 1. The van der Waals surface area contributed by atoms with Gasteiger partial charge in [0.15, 0.2) is 11.0 Å². The Morgan fingerprint density at radius 3 is 2.62 bits per heavy atom. The summed E-state index contributed by atoms with van der Waals surface area (Å²) in [6, 6.07) is 19.8. The summed E-state index contributed by atoms with van der Waals surface area (Å²) in [7, 11) is 1.71. The van der Waals surface area contributed by atoms with E-state index >= 15 is 0 Å². The van der Waals surface area contributed by atoms with E-state index in [1.54, 1.807) is 13.1 Å². The first-order valence-electron chi connectivity index (χ1n) is 14.0. The van der Waals surface area contributed by atoms with Crippen LogP contribution in [0, 0.1) is 5.13 Å². The molecule has 8 heteroatoms. The number of H-pyrrole nitrogens is 2. The summed E-state index contributed by atoms with van der Waals surface area (Å²) < 4.78 is 13.9. The number of hydrogen-bond donors (Lipinski definition) is 3. The molecule has 214 valence electrons. The monoisotopic (exact) mass is 578 g/mol. The van der Waals surface area contributed by atoms with Crippen LogP contribution in [0.1, 0.15) is 54.1 Å². The summed E-state index contributed by atoms with van der Waals surface area (Å²) >= 11 is 1.07. The molecule has 2 aromatic carbocycles. The van der Waals surface area contributed by atoms with E-state index in [1.807, 2.05) is 37.3 Å². The number of imidazole rings is 1. The minimum absolute atomic E-state index is 0.149. The smallest absolute Gasteiger partial charge is 0.177 e. The lowest BCUT2D eigenvalue weighted by atomic mass is 10.00. The zero-order valence-electron chi connectivity index (χ0n) is 24.3. The summed E-state index contributed by atoms with van der Waals surface area (Å²) in [5.41, 5.74) is 8.44. The van der Waals surface area contributed by atoms with E-state index in [0.717, 1.165) is 61.8 Å². The Hall–Kier alpha value is -4.40. The number of fused-ring (bicyclic) bond motifs is 1. The van der Waals surface area contributed by atoms with Gasteiger partial charge in [-0.2, -0.15) is 9.49 Å². The lowest BCUT2D eigenvalue weighted by molar-refractivity contribution is 0.657. The first kappa shape index (κ1) is 29.1. The van der Waals surface area contributed by atoms with Crippen molar-refractivity contribution in [2.75, 3.05) is 13.6 Å². The molecule has 0 amide bonds. The van der Waals surface area contributed by atoms with Crippen molar-refractivity contribution in [1.29, 1.82) is 0 Å². The molecule has 0 bridgehead atoms. The lowest BCUT2D eigenvalue weighted by Crippen LogP contribution is -2.15. The zero-order chi connectivity index (χ0) is 29.6. The topological polar surface area (TPSA) is 81.8 Å². The molecular weight excluding hydrogens is 543 g/mol. The van der Waals surface area contributed by atoms with E-state index in [2.05, 4.69) is 82.3 Å². The molecule has 0 saturated heterocycles. The molecule has 0 saturated carbocycles. The Bertz CT molecular complexity index is 1780. The second kappa shape index (κ2) is 13.1. The van der Waals surface area contributed by atoms with Gasteiger partial charge in [-0.25, -0.2) is 4.98 Å². The summed E-state index contributed by atoms with van der Waals surface area (Å²) in [5, 5.41) is 12.0. The number of hydrogen-bond acceptors (Lipinski definition) is 5. The summed E-state index contributed by atoms with van der Waals surface area (Å²) in [6.45, 7) is 11.8. The highest BCUT2D eigenvalue weighted by molar-refractivity contribution is 7.12. The van der Waals surface area contributed by atoms with E-state index < -0.39 is 0 Å². The maximum absolute atomic E-state index is 13.9. The Morgan fingerprint density at radius 1 is 1.14 bits per heavy atom. The van der Waals surface area contributed by atoms with Crippen molar-refractivity contribution in [3.8, 4) is 11.5 Å². The minimum Gasteiger partial charge on any atom is -0.340 e. The van der Waals surface area contributed by atoms with E-state index in [-0.39, 0.29) is 11.0 Å². The molecule has 0 radical (unpaired) electrons. The standard InChI is InChI=1S/C34H35FN6S/c1-6-22(19-37-20-23-11-9-8-10-12-23)17-24(7-2)25-13-14-27-26(18-25)31(41-40-27)34-38-30(21(3)4)33(39-34)32(36-5)28-15-16-29(35)42-28/h6-18,21,37H,1,19-20H2,2-5H3,(H,38,39)(H,40,41)/b22-17+,24-7+,36-32?. The number of aromatic amines is 2. The van der Waals surface area contributed by atoms with Crippen LogP contribution in [0.2, 0.25) is 0 Å². The molecule has 6 nitrogen and oxygen atoms in total. The molecule has 5 aromatic rings. The van der Waals surface area contributed by atoms with E-state index in [1.165, 1.54) is 11.6 Å². The second-order valence-electron chi connectivity index (χ2n) is 10.3. The van der Waals surface area contributed by atoms with Gasteiger partial charge in [-0.1, -0.05) is 75.1 Å². The third-order valence-electron chi connectivity index (χ3n) is 7.10. The highest BCUT2D eigenvalue weighted by atomic mass is 32.1. The number of aliphatic imine (C=N–C) groups is 1. The van der Waals surface area contributed by atoms with E-state index in [9.17, 15) is 4.39 Å². The molecule has 0 aliphatic carbocycles. The molecule has 0 aliphatic heterocycles. The fourth-order valence-corrected chi connectivity index (χ4v) is 5.67. The zero-order valence-corrected chi connectivity index (χ0v) is 25.1. The molecule has 42 heavy (non-hydrogen) atoms. The van der Waals surface area contributed by atoms with Gasteiger partial charge in [0.25, 0.3) is 0 Å². The van der Waals surface area contributed by atoms with Crippen LogP contribution in [0.5, 0.6) is 0 Å². The molecule has 0 atom stereocenters. The van der Waals surface area contributed by atoms with Crippen molar-refractivity contribution in [3.63, 3.8) is 0 Å². The predicted octanol–water partition coefficient (Wildman–Crippen LogP) is 8.05. The van der Waals surface area contributed by atoms with Crippen molar-refractivity contribution < 1.29 is 4.39 Å². The Kier molecular flexibility index (Phi) is 9.05. The lowest BCUT2D eigenvalue weighted by Gasteiger charge is -2.09. The van der Waals surface area contributed by atoms with Gasteiger partial charge in [0.2, 0.25) is 0 Å². The molecule has 0 aliphatic rings. The van der Waals surface area contributed by atoms with Crippen LogP contribution in [0.25, 0.3) is 28.0 Å². The number of allylic oxidation sites excluding steroid dienone is 3. The van der Waals surface area contributed by atoms with Crippen LogP contribution in [-0.4, -0.2) is 39.5 Å². The fourth-order valence-electron chi connectivity index (χ4n) is 4.91. The third kappa shape index (κ3) is 6.25. The molecule has 5 rings (SSSR count). The highest BCUT2D eigenvalue weighted by Gasteiger charge is 2.23. The number of nitrogens with one attached hydrogen (secondary N) is 3. The van der Waals surface area contributed by atoms with Crippen molar-refractivity contribution >= 4 is 33.5 Å². The fraction of sp³-hybridized carbons (Fsp3) is 0.206. The van der Waals surface area contributed by atoms with Crippen LogP contribution in [-0.2, 0) is 6.54 Å². The van der Waals surface area contributed by atoms with Crippen molar-refractivity contribution in [2.45, 2.75) is 33.2 Å². The van der Waals surface area contributed by atoms with Crippen molar-refractivity contribution in [3.05, 3.63) is 124 Å². The largest absolute Gasteiger partial charge is 0.340 e. The van der Waals surface area contributed by atoms with Crippen LogP contribution < -0.4 is 5.32 Å². The number of benzene rings is 2. The average molecular weight is 579 g/mol. The average Bonchev–Trinajstić information content (AvgIpc) is 3.74. The van der Waals surface area contributed by atoms with E-state index in [4.69, 9.17) is 4.98 Å². The molecular formula is C34H35FN6S. The molecule has 3 N–H and O–H groups in total. The van der Waals surface area contributed by atoms with Gasteiger partial charge in [0, 0.05) is 31.2 Å². The van der Waals surface area contributed by atoms with Crippen LogP contribution in [0.3, 0.4) is 0 Å². The van der Waals surface area contributed by atoms with Crippen LogP contribution in [0.4, 0.5) is 4.39 Å². The quantitative estimate of drug-likeness (QED) is 0.110. The highest BCUT2D eigenvalue weighted by Crippen LogP contribution is 2.32. The molecule has 3 aromatic heterocycles. The number of nitrogens with zero attached hydrogens (tertiary/aromatic N) is 3. The van der Waals surface area contributed by atoms with Crippen LogP contribution in [0.15, 0.2) is 96.0 Å². The third-order valence-corrected chi connectivity index (χ3v) is 7.98. The summed E-state index contributed by atoms with van der Waals surface area (Å²) in [6.07, 6.45) is 6.17. The first-order valence-corrected chi connectivity index (χ1v) is 14.8. The number of rotatable bonds is 11. The van der Waals surface area contributed by atoms with Crippen LogP contribution >= 0.6 is 11.3 Å². The normalized spacial score (nSPS) is 13.0. The molecule has 0 fully saturated rings. The predicted molar refractivity (Wildman–Crippen MR) is 174 cm³/mol. The van der Waals surface area contributed by atoms with Gasteiger partial charge in [-0.05, 0) is 59.4 Å². The summed E-state index contributed by atoms with van der Waals surface area (Å²) in [4.78, 5) is 13.7. The minimum atomic E-state index is -0.251. The SMILES string of the molecule is C=C/C(=C\C(=C/C)c1ccc2[nH]nc(-c3nc(C(=NC)c4ccc(F)s4)c(C(C)C)[nH]3)c2c1)CNCc1ccccc1. The van der Waals surface area contributed by atoms with Gasteiger partial charge in [0.1, 0.15) is 17.1 Å². The maximum Gasteiger partial charge on any atom is 0.177 e. The molecule has 0 unspecified atom stereocenters. The van der Waals surface area contributed by atoms with Crippen molar-refractivity contribution in [2.24, 2.45) is 4.99 Å². The van der Waals surface area contributed by atoms with Gasteiger partial charge in [0.05, 0.1) is 10.4 Å². The van der Waals surface area contributed by atoms with Gasteiger partial charge in [-0.3, -0.25) is 10.1 Å². The Morgan fingerprint density at radius 2 is 1.95 bits per heavy atom. The number of thiophene rings is 1. The second-order valence-corrected chi connectivity index (χ2v) is 11.3. The van der Waals surface area contributed by atoms with Gasteiger partial charge >= 0.3 is 0 Å². The van der Waals surface area contributed by atoms with Crippen molar-refractivity contribution in [1.82, 2.24) is 25.5 Å². The molecule has 3 heterocycles. The van der Waals surface area contributed by atoms with Gasteiger partial charge in [-0.15, -0.1) is 11.3 Å². The Balaban J connectivity index is 1.46. The maximum atomic E-state index is 13.9. The van der Waals surface area contributed by atoms with Gasteiger partial charge < -0.3 is 10.3 Å².